The first-order chi connectivity index (χ1) is 12.7. The highest BCUT2D eigenvalue weighted by molar-refractivity contribution is 5.68. The molecule has 1 fully saturated rings. The zero-order valence-corrected chi connectivity index (χ0v) is 16.9. The van der Waals surface area contributed by atoms with Gasteiger partial charge in [0, 0.05) is 25.2 Å². The third-order valence-electron chi connectivity index (χ3n) is 5.25. The average Bonchev–Trinajstić information content (AvgIpc) is 2.59. The summed E-state index contributed by atoms with van der Waals surface area (Å²) in [7, 11) is 3.30. The van der Waals surface area contributed by atoms with E-state index < -0.39 is 11.7 Å². The molecule has 150 valence electrons. The van der Waals surface area contributed by atoms with Gasteiger partial charge in [0.1, 0.15) is 5.60 Å². The van der Waals surface area contributed by atoms with Gasteiger partial charge in [0.25, 0.3) is 0 Å². The van der Waals surface area contributed by atoms with Crippen LogP contribution in [0.1, 0.15) is 44.4 Å². The molecule has 3 rings (SSSR count). The highest BCUT2D eigenvalue weighted by Crippen LogP contribution is 2.41. The second kappa shape index (κ2) is 7.56. The number of hydrogen-bond acceptors (Lipinski definition) is 6. The van der Waals surface area contributed by atoms with Gasteiger partial charge in [-0.25, -0.2) is 4.79 Å². The van der Waals surface area contributed by atoms with Crippen LogP contribution in [-0.2, 0) is 11.2 Å². The zero-order chi connectivity index (χ0) is 19.8. The van der Waals surface area contributed by atoms with Crippen LogP contribution in [0.15, 0.2) is 12.1 Å². The summed E-state index contributed by atoms with van der Waals surface area (Å²) < 4.78 is 16.3. The molecule has 1 unspecified atom stereocenters. The SMILES string of the molecule is COc1cc2c(cc1OC)C1C[C@H](NC(=O)OC(C)(C)C)[C@@H](N)CN1CC2. The number of fused-ring (bicyclic) bond motifs is 3. The molecule has 0 bridgehead atoms. The van der Waals surface area contributed by atoms with Gasteiger partial charge in [0.15, 0.2) is 11.5 Å². The molecule has 2 aliphatic heterocycles. The lowest BCUT2D eigenvalue weighted by atomic mass is 9.83. The van der Waals surface area contributed by atoms with Gasteiger partial charge in [-0.2, -0.15) is 0 Å². The first-order valence-corrected chi connectivity index (χ1v) is 9.45. The minimum absolute atomic E-state index is 0.129. The number of nitrogens with zero attached hydrogens (tertiary/aromatic N) is 1. The van der Waals surface area contributed by atoms with Crippen LogP contribution in [0, 0.1) is 0 Å². The fraction of sp³-hybridized carbons (Fsp3) is 0.650. The number of nitrogens with one attached hydrogen (secondary N) is 1. The van der Waals surface area contributed by atoms with E-state index in [1.165, 1.54) is 11.1 Å². The van der Waals surface area contributed by atoms with Crippen LogP contribution in [0.2, 0.25) is 0 Å². The van der Waals surface area contributed by atoms with Crippen molar-refractivity contribution < 1.29 is 19.0 Å². The minimum Gasteiger partial charge on any atom is -0.493 e. The predicted molar refractivity (Wildman–Crippen MR) is 103 cm³/mol. The number of ether oxygens (including phenoxy) is 3. The van der Waals surface area contributed by atoms with Crippen LogP contribution in [-0.4, -0.2) is 56.0 Å². The van der Waals surface area contributed by atoms with Crippen LogP contribution >= 0.6 is 0 Å². The van der Waals surface area contributed by atoms with E-state index in [4.69, 9.17) is 19.9 Å². The standard InChI is InChI=1S/C20H31N3O4/c1-20(2,3)27-19(24)22-15-10-16-13-9-18(26-5)17(25-4)8-12(13)6-7-23(16)11-14(15)21/h8-9,14-16H,6-7,10-11,21H2,1-5H3,(H,22,24)/t14-,15-,16?/m0/s1. The highest BCUT2D eigenvalue weighted by atomic mass is 16.6. The molecule has 2 aliphatic rings. The summed E-state index contributed by atoms with van der Waals surface area (Å²) in [6, 6.07) is 4.05. The Morgan fingerprint density at radius 2 is 1.89 bits per heavy atom. The van der Waals surface area contributed by atoms with Crippen LogP contribution < -0.4 is 20.5 Å². The van der Waals surface area contributed by atoms with Crippen molar-refractivity contribution in [3.05, 3.63) is 23.3 Å². The summed E-state index contributed by atoms with van der Waals surface area (Å²) in [6.45, 7) is 7.24. The van der Waals surface area contributed by atoms with Gasteiger partial charge in [-0.1, -0.05) is 0 Å². The maximum Gasteiger partial charge on any atom is 0.407 e. The number of hydrogen-bond donors (Lipinski definition) is 2. The largest absolute Gasteiger partial charge is 0.493 e. The summed E-state index contributed by atoms with van der Waals surface area (Å²) >= 11 is 0. The van der Waals surface area contributed by atoms with E-state index in [0.717, 1.165) is 37.4 Å². The molecule has 7 heteroatoms. The smallest absolute Gasteiger partial charge is 0.407 e. The van der Waals surface area contributed by atoms with Crippen LogP contribution in [0.5, 0.6) is 11.5 Å². The lowest BCUT2D eigenvalue weighted by molar-refractivity contribution is 0.0417. The summed E-state index contributed by atoms with van der Waals surface area (Å²) in [6.07, 6.45) is 1.27. The van der Waals surface area contributed by atoms with Gasteiger partial charge in [-0.15, -0.1) is 0 Å². The maximum absolute atomic E-state index is 12.2. The van der Waals surface area contributed by atoms with Crippen molar-refractivity contribution in [3.63, 3.8) is 0 Å². The number of rotatable bonds is 3. The molecule has 1 aromatic rings. The number of alkyl carbamates (subject to hydrolysis) is 1. The lowest BCUT2D eigenvalue weighted by Crippen LogP contribution is -2.60. The second-order valence-corrected chi connectivity index (χ2v) is 8.32. The predicted octanol–water partition coefficient (Wildman–Crippen LogP) is 2.23. The number of benzene rings is 1. The number of methoxy groups -OCH3 is 2. The Balaban J connectivity index is 1.81. The molecular weight excluding hydrogens is 346 g/mol. The van der Waals surface area contributed by atoms with Gasteiger partial charge in [0.05, 0.1) is 20.3 Å². The monoisotopic (exact) mass is 377 g/mol. The van der Waals surface area contributed by atoms with E-state index >= 15 is 0 Å². The molecule has 1 amide bonds. The van der Waals surface area contributed by atoms with E-state index in [9.17, 15) is 4.79 Å². The first-order valence-electron chi connectivity index (χ1n) is 9.45. The molecular formula is C20H31N3O4. The fourth-order valence-electron chi connectivity index (χ4n) is 4.01. The first kappa shape index (κ1) is 19.8. The molecule has 0 radical (unpaired) electrons. The molecule has 1 aromatic carbocycles. The number of carbonyl (C=O) groups excluding carboxylic acids is 1. The van der Waals surface area contributed by atoms with Gasteiger partial charge in [0.2, 0.25) is 0 Å². The second-order valence-electron chi connectivity index (χ2n) is 8.32. The third kappa shape index (κ3) is 4.30. The molecule has 3 N–H and O–H groups in total. The third-order valence-corrected chi connectivity index (χ3v) is 5.25. The normalized spacial score (nSPS) is 25.2. The highest BCUT2D eigenvalue weighted by Gasteiger charge is 2.39. The Morgan fingerprint density at radius 1 is 1.22 bits per heavy atom. The van der Waals surface area contributed by atoms with E-state index in [1.807, 2.05) is 20.8 Å². The summed E-state index contributed by atoms with van der Waals surface area (Å²) in [5, 5.41) is 2.97. The van der Waals surface area contributed by atoms with Crippen molar-refractivity contribution in [2.45, 2.75) is 57.3 Å². The average molecular weight is 377 g/mol. The van der Waals surface area contributed by atoms with Gasteiger partial charge in [-0.3, -0.25) is 4.90 Å². The Kier molecular flexibility index (Phi) is 5.53. The Morgan fingerprint density at radius 3 is 2.52 bits per heavy atom. The van der Waals surface area contributed by atoms with Crippen LogP contribution in [0.3, 0.4) is 0 Å². The minimum atomic E-state index is -0.532. The molecule has 27 heavy (non-hydrogen) atoms. The number of nitrogens with two attached hydrogens (primary N) is 1. The molecule has 0 aliphatic carbocycles. The molecule has 2 heterocycles. The van der Waals surface area contributed by atoms with E-state index in [0.29, 0.717) is 0 Å². The Bertz CT molecular complexity index is 701. The number of carbonyl (C=O) groups is 1. The molecule has 0 aromatic heterocycles. The lowest BCUT2D eigenvalue weighted by Gasteiger charge is -2.46. The van der Waals surface area contributed by atoms with Gasteiger partial charge < -0.3 is 25.3 Å². The van der Waals surface area contributed by atoms with Crippen LogP contribution in [0.4, 0.5) is 4.79 Å². The van der Waals surface area contributed by atoms with E-state index in [1.54, 1.807) is 14.2 Å². The van der Waals surface area contributed by atoms with Gasteiger partial charge >= 0.3 is 6.09 Å². The van der Waals surface area contributed by atoms with Crippen molar-refractivity contribution in [2.75, 3.05) is 27.3 Å². The van der Waals surface area contributed by atoms with E-state index in [-0.39, 0.29) is 18.1 Å². The summed E-state index contributed by atoms with van der Waals surface area (Å²) in [5.41, 5.74) is 8.32. The number of piperidine rings is 1. The van der Waals surface area contributed by atoms with Crippen molar-refractivity contribution in [1.29, 1.82) is 0 Å². The maximum atomic E-state index is 12.2. The Hall–Kier alpha value is -1.99. The molecule has 0 saturated carbocycles. The zero-order valence-electron chi connectivity index (χ0n) is 16.9. The fourth-order valence-corrected chi connectivity index (χ4v) is 4.01. The van der Waals surface area contributed by atoms with Crippen molar-refractivity contribution in [2.24, 2.45) is 5.73 Å². The molecule has 1 saturated heterocycles. The molecule has 3 atom stereocenters. The summed E-state index contributed by atoms with van der Waals surface area (Å²) in [5.74, 6) is 1.48. The van der Waals surface area contributed by atoms with Crippen molar-refractivity contribution >= 4 is 6.09 Å². The van der Waals surface area contributed by atoms with Crippen molar-refractivity contribution in [3.8, 4) is 11.5 Å². The van der Waals surface area contributed by atoms with Gasteiger partial charge in [-0.05, 0) is 56.9 Å². The Labute approximate surface area is 161 Å². The summed E-state index contributed by atoms with van der Waals surface area (Å²) in [4.78, 5) is 14.6. The topological polar surface area (TPSA) is 86.0 Å². The van der Waals surface area contributed by atoms with Crippen molar-refractivity contribution in [1.82, 2.24) is 10.2 Å². The molecule has 0 spiro atoms. The quantitative estimate of drug-likeness (QED) is 0.840. The van der Waals surface area contributed by atoms with Crippen LogP contribution in [0.25, 0.3) is 0 Å². The number of amides is 1. The molecule has 7 nitrogen and oxygen atoms in total. The van der Waals surface area contributed by atoms with E-state index in [2.05, 4.69) is 22.3 Å².